The van der Waals surface area contributed by atoms with E-state index in [1.807, 2.05) is 12.3 Å². The van der Waals surface area contributed by atoms with Crippen molar-refractivity contribution in [1.82, 2.24) is 19.7 Å². The van der Waals surface area contributed by atoms with Crippen LogP contribution in [0.1, 0.15) is 5.56 Å². The Kier molecular flexibility index (Phi) is 4.55. The van der Waals surface area contributed by atoms with Crippen molar-refractivity contribution < 1.29 is 4.74 Å². The summed E-state index contributed by atoms with van der Waals surface area (Å²) in [6.07, 6.45) is 3.23. The second kappa shape index (κ2) is 6.78. The van der Waals surface area contributed by atoms with Crippen molar-refractivity contribution in [1.29, 1.82) is 5.26 Å². The monoisotopic (exact) mass is 358 g/mol. The molecule has 0 aliphatic heterocycles. The van der Waals surface area contributed by atoms with Gasteiger partial charge in [0.25, 0.3) is 0 Å². The zero-order valence-corrected chi connectivity index (χ0v) is 14.0. The maximum absolute atomic E-state index is 9.00. The fourth-order valence-electron chi connectivity index (χ4n) is 1.89. The molecule has 7 nitrogen and oxygen atoms in total. The molecule has 0 atom stereocenters. The fraction of sp³-hybridized carbons (Fsp3) is 0.0667. The van der Waals surface area contributed by atoms with Gasteiger partial charge in [0, 0.05) is 11.1 Å². The standard InChI is InChI=1S/C15H11ClN6OS/c1-24-15-20-12(22-14(18)9(7-17)8-19-22)6-13(21-15)23-11-4-2-10(16)3-5-11/h2-6,8H,18H2,1H3. The maximum atomic E-state index is 9.00. The van der Waals surface area contributed by atoms with Crippen LogP contribution >= 0.6 is 23.4 Å². The first-order valence-electron chi connectivity index (χ1n) is 6.71. The van der Waals surface area contributed by atoms with Crippen molar-refractivity contribution in [3.63, 3.8) is 0 Å². The first kappa shape index (κ1) is 16.1. The predicted molar refractivity (Wildman–Crippen MR) is 91.6 cm³/mol. The van der Waals surface area contributed by atoms with E-state index in [-0.39, 0.29) is 11.4 Å². The number of benzene rings is 1. The van der Waals surface area contributed by atoms with Crippen LogP contribution in [0, 0.1) is 11.3 Å². The van der Waals surface area contributed by atoms with Crippen molar-refractivity contribution in [3.05, 3.63) is 47.1 Å². The first-order valence-corrected chi connectivity index (χ1v) is 8.31. The van der Waals surface area contributed by atoms with Crippen LogP contribution < -0.4 is 10.5 Å². The molecule has 9 heteroatoms. The van der Waals surface area contributed by atoms with Gasteiger partial charge in [0.2, 0.25) is 5.88 Å². The lowest BCUT2D eigenvalue weighted by Crippen LogP contribution is -2.06. The summed E-state index contributed by atoms with van der Waals surface area (Å²) in [5, 5.41) is 14.2. The molecule has 2 heterocycles. The Hall–Kier alpha value is -2.76. The molecule has 0 aliphatic carbocycles. The van der Waals surface area contributed by atoms with Crippen LogP contribution in [0.3, 0.4) is 0 Å². The highest BCUT2D eigenvalue weighted by Crippen LogP contribution is 2.26. The lowest BCUT2D eigenvalue weighted by atomic mass is 10.3. The lowest BCUT2D eigenvalue weighted by Gasteiger charge is -2.09. The number of thioether (sulfide) groups is 1. The third-order valence-corrected chi connectivity index (χ3v) is 3.83. The van der Waals surface area contributed by atoms with Crippen molar-refractivity contribution in [3.8, 4) is 23.5 Å². The van der Waals surface area contributed by atoms with Gasteiger partial charge >= 0.3 is 0 Å². The third-order valence-electron chi connectivity index (χ3n) is 3.03. The summed E-state index contributed by atoms with van der Waals surface area (Å²) in [6, 6.07) is 10.5. The average Bonchev–Trinajstić information content (AvgIpc) is 2.97. The number of nitrogens with zero attached hydrogens (tertiary/aromatic N) is 5. The van der Waals surface area contributed by atoms with Crippen LogP contribution in [0.5, 0.6) is 11.6 Å². The van der Waals surface area contributed by atoms with Crippen LogP contribution in [0.25, 0.3) is 5.82 Å². The molecule has 0 aliphatic rings. The van der Waals surface area contributed by atoms with E-state index in [4.69, 9.17) is 27.3 Å². The molecule has 0 unspecified atom stereocenters. The van der Waals surface area contributed by atoms with Crippen molar-refractivity contribution in [2.75, 3.05) is 12.0 Å². The lowest BCUT2D eigenvalue weighted by molar-refractivity contribution is 0.454. The largest absolute Gasteiger partial charge is 0.439 e. The van der Waals surface area contributed by atoms with E-state index in [2.05, 4.69) is 15.1 Å². The fourth-order valence-corrected chi connectivity index (χ4v) is 2.39. The number of hydrogen-bond acceptors (Lipinski definition) is 7. The van der Waals surface area contributed by atoms with E-state index in [0.29, 0.717) is 27.6 Å². The van der Waals surface area contributed by atoms with E-state index in [1.54, 1.807) is 30.3 Å². The Balaban J connectivity index is 2.00. The summed E-state index contributed by atoms with van der Waals surface area (Å²) >= 11 is 7.22. The van der Waals surface area contributed by atoms with Crippen LogP contribution in [-0.2, 0) is 0 Å². The van der Waals surface area contributed by atoms with E-state index >= 15 is 0 Å². The molecule has 3 rings (SSSR count). The number of nitrogen functional groups attached to an aromatic ring is 1. The van der Waals surface area contributed by atoms with E-state index in [0.717, 1.165) is 0 Å². The van der Waals surface area contributed by atoms with Gasteiger partial charge in [0.15, 0.2) is 11.0 Å². The molecule has 0 saturated heterocycles. The number of aromatic nitrogens is 4. The highest BCUT2D eigenvalue weighted by atomic mass is 35.5. The Morgan fingerprint density at radius 1 is 1.29 bits per heavy atom. The quantitative estimate of drug-likeness (QED) is 0.563. The van der Waals surface area contributed by atoms with Crippen LogP contribution in [0.2, 0.25) is 5.02 Å². The third kappa shape index (κ3) is 3.27. The van der Waals surface area contributed by atoms with Crippen LogP contribution in [0.4, 0.5) is 5.82 Å². The highest BCUT2D eigenvalue weighted by molar-refractivity contribution is 7.98. The van der Waals surface area contributed by atoms with E-state index in [1.165, 1.54) is 22.6 Å². The molecule has 0 fully saturated rings. The van der Waals surface area contributed by atoms with Gasteiger partial charge in [-0.05, 0) is 30.5 Å². The van der Waals surface area contributed by atoms with Gasteiger partial charge in [-0.1, -0.05) is 23.4 Å². The van der Waals surface area contributed by atoms with Crippen LogP contribution in [-0.4, -0.2) is 26.0 Å². The number of ether oxygens (including phenoxy) is 1. The molecule has 1 aromatic carbocycles. The molecular formula is C15H11ClN6OS. The van der Waals surface area contributed by atoms with Gasteiger partial charge < -0.3 is 10.5 Å². The molecule has 3 aromatic rings. The molecule has 0 amide bonds. The molecule has 2 aromatic heterocycles. The number of hydrogen-bond donors (Lipinski definition) is 1. The smallest absolute Gasteiger partial charge is 0.225 e. The molecule has 0 spiro atoms. The minimum absolute atomic E-state index is 0.209. The molecule has 0 saturated carbocycles. The Morgan fingerprint density at radius 3 is 2.67 bits per heavy atom. The summed E-state index contributed by atoms with van der Waals surface area (Å²) in [5.41, 5.74) is 6.19. The normalized spacial score (nSPS) is 10.4. The zero-order chi connectivity index (χ0) is 17.1. The molecule has 120 valence electrons. The summed E-state index contributed by atoms with van der Waals surface area (Å²) in [7, 11) is 0. The maximum Gasteiger partial charge on any atom is 0.225 e. The Labute approximate surface area is 147 Å². The number of anilines is 1. The van der Waals surface area contributed by atoms with Crippen LogP contribution in [0.15, 0.2) is 41.7 Å². The van der Waals surface area contributed by atoms with Gasteiger partial charge in [-0.25, -0.2) is 4.98 Å². The van der Waals surface area contributed by atoms with Crippen molar-refractivity contribution in [2.45, 2.75) is 5.16 Å². The van der Waals surface area contributed by atoms with Gasteiger partial charge in [-0.2, -0.15) is 20.0 Å². The van der Waals surface area contributed by atoms with Gasteiger partial charge in [-0.3, -0.25) is 0 Å². The number of halogens is 1. The molecule has 0 bridgehead atoms. The molecular weight excluding hydrogens is 348 g/mol. The van der Waals surface area contributed by atoms with Crippen molar-refractivity contribution in [2.24, 2.45) is 0 Å². The molecule has 24 heavy (non-hydrogen) atoms. The topological polar surface area (TPSA) is 103 Å². The van der Waals surface area contributed by atoms with E-state index < -0.39 is 0 Å². The highest BCUT2D eigenvalue weighted by Gasteiger charge is 2.13. The minimum atomic E-state index is 0.209. The minimum Gasteiger partial charge on any atom is -0.439 e. The summed E-state index contributed by atoms with van der Waals surface area (Å²) in [6.45, 7) is 0. The molecule has 2 N–H and O–H groups in total. The number of rotatable bonds is 4. The van der Waals surface area contributed by atoms with Gasteiger partial charge in [0.05, 0.1) is 6.20 Å². The average molecular weight is 359 g/mol. The number of nitriles is 1. The SMILES string of the molecule is CSc1nc(Oc2ccc(Cl)cc2)cc(-n2ncc(C#N)c2N)n1. The van der Waals surface area contributed by atoms with E-state index in [9.17, 15) is 0 Å². The zero-order valence-electron chi connectivity index (χ0n) is 12.5. The second-order valence-corrected chi connectivity index (χ2v) is 5.78. The Bertz CT molecular complexity index is 919. The predicted octanol–water partition coefficient (Wildman–Crippen LogP) is 3.28. The summed E-state index contributed by atoms with van der Waals surface area (Å²) in [5.74, 6) is 1.54. The summed E-state index contributed by atoms with van der Waals surface area (Å²) < 4.78 is 7.11. The number of nitrogens with two attached hydrogens (primary N) is 1. The van der Waals surface area contributed by atoms with Crippen molar-refractivity contribution >= 4 is 29.2 Å². The summed E-state index contributed by atoms with van der Waals surface area (Å²) in [4.78, 5) is 8.65. The van der Waals surface area contributed by atoms with Gasteiger partial charge in [-0.15, -0.1) is 0 Å². The first-order chi connectivity index (χ1) is 11.6. The Morgan fingerprint density at radius 2 is 2.04 bits per heavy atom. The second-order valence-electron chi connectivity index (χ2n) is 4.57. The molecule has 0 radical (unpaired) electrons. The van der Waals surface area contributed by atoms with Gasteiger partial charge in [0.1, 0.15) is 23.2 Å².